The molecule has 6 nitrogen and oxygen atoms in total. The predicted octanol–water partition coefficient (Wildman–Crippen LogP) is 0.941. The Kier molecular flexibility index (Phi) is 5.64. The van der Waals surface area contributed by atoms with Gasteiger partial charge in [0.05, 0.1) is 12.2 Å². The molecule has 0 aliphatic rings. The third-order valence-corrected chi connectivity index (χ3v) is 2.75. The summed E-state index contributed by atoms with van der Waals surface area (Å²) < 4.78 is 1.70. The second kappa shape index (κ2) is 7.00. The van der Waals surface area contributed by atoms with Crippen molar-refractivity contribution >= 4 is 6.03 Å². The van der Waals surface area contributed by atoms with E-state index in [2.05, 4.69) is 15.7 Å². The first-order chi connectivity index (χ1) is 8.52. The van der Waals surface area contributed by atoms with Crippen LogP contribution in [0.1, 0.15) is 38.3 Å². The number of carbonyl (C=O) groups excluding carboxylic acids is 1. The van der Waals surface area contributed by atoms with Crippen LogP contribution in [0, 0.1) is 0 Å². The van der Waals surface area contributed by atoms with Crippen LogP contribution in [-0.4, -0.2) is 33.6 Å². The average molecular weight is 254 g/mol. The van der Waals surface area contributed by atoms with Crippen LogP contribution >= 0.6 is 0 Å². The SMILES string of the molecule is CC(CCCO)NC(=O)NC(C)c1cnn(C)c1. The number of hydrogen-bond acceptors (Lipinski definition) is 3. The summed E-state index contributed by atoms with van der Waals surface area (Å²) in [6, 6.07) is -0.223. The lowest BCUT2D eigenvalue weighted by Crippen LogP contribution is -2.41. The normalized spacial score (nSPS) is 14.0. The topological polar surface area (TPSA) is 79.2 Å². The number of aryl methyl sites for hydroxylation is 1. The van der Waals surface area contributed by atoms with E-state index in [0.717, 1.165) is 12.0 Å². The van der Waals surface area contributed by atoms with Gasteiger partial charge in [-0.1, -0.05) is 0 Å². The molecule has 3 N–H and O–H groups in total. The van der Waals surface area contributed by atoms with E-state index in [-0.39, 0.29) is 24.7 Å². The van der Waals surface area contributed by atoms with Gasteiger partial charge in [-0.15, -0.1) is 0 Å². The fourth-order valence-electron chi connectivity index (χ4n) is 1.68. The second-order valence-electron chi connectivity index (χ2n) is 4.55. The minimum atomic E-state index is -0.197. The maximum atomic E-state index is 11.7. The molecule has 0 saturated carbocycles. The molecule has 1 heterocycles. The van der Waals surface area contributed by atoms with Crippen molar-refractivity contribution in [2.24, 2.45) is 7.05 Å². The Morgan fingerprint density at radius 3 is 2.78 bits per heavy atom. The smallest absolute Gasteiger partial charge is 0.315 e. The third-order valence-electron chi connectivity index (χ3n) is 2.75. The zero-order valence-corrected chi connectivity index (χ0v) is 11.2. The molecule has 1 aromatic rings. The largest absolute Gasteiger partial charge is 0.396 e. The van der Waals surface area contributed by atoms with Gasteiger partial charge in [0, 0.05) is 31.5 Å². The Morgan fingerprint density at radius 1 is 1.50 bits per heavy atom. The Labute approximate surface area is 107 Å². The highest BCUT2D eigenvalue weighted by Gasteiger charge is 2.12. The number of aliphatic hydroxyl groups excluding tert-OH is 1. The molecular formula is C12H22N4O2. The van der Waals surface area contributed by atoms with Crippen LogP contribution in [0.4, 0.5) is 4.79 Å². The highest BCUT2D eigenvalue weighted by molar-refractivity contribution is 5.74. The monoisotopic (exact) mass is 254 g/mol. The number of hydrogen-bond donors (Lipinski definition) is 3. The van der Waals surface area contributed by atoms with Crippen LogP contribution in [0.5, 0.6) is 0 Å². The lowest BCUT2D eigenvalue weighted by Gasteiger charge is -2.17. The van der Waals surface area contributed by atoms with Crippen molar-refractivity contribution in [3.63, 3.8) is 0 Å². The minimum Gasteiger partial charge on any atom is -0.396 e. The molecule has 0 fully saturated rings. The molecule has 0 bridgehead atoms. The maximum absolute atomic E-state index is 11.7. The Balaban J connectivity index is 2.35. The lowest BCUT2D eigenvalue weighted by atomic mass is 10.2. The number of aromatic nitrogens is 2. The average Bonchev–Trinajstić information content (AvgIpc) is 2.73. The number of urea groups is 1. The van der Waals surface area contributed by atoms with Gasteiger partial charge in [0.25, 0.3) is 0 Å². The zero-order chi connectivity index (χ0) is 13.5. The van der Waals surface area contributed by atoms with Gasteiger partial charge in [0.1, 0.15) is 0 Å². The molecule has 0 aliphatic heterocycles. The summed E-state index contributed by atoms with van der Waals surface area (Å²) >= 11 is 0. The Morgan fingerprint density at radius 2 is 2.22 bits per heavy atom. The van der Waals surface area contributed by atoms with E-state index in [1.54, 1.807) is 10.9 Å². The van der Waals surface area contributed by atoms with Gasteiger partial charge in [-0.3, -0.25) is 4.68 Å². The van der Waals surface area contributed by atoms with E-state index < -0.39 is 0 Å². The predicted molar refractivity (Wildman–Crippen MR) is 69.1 cm³/mol. The first-order valence-corrected chi connectivity index (χ1v) is 6.19. The summed E-state index contributed by atoms with van der Waals surface area (Å²) in [5.41, 5.74) is 0.968. The fourth-order valence-corrected chi connectivity index (χ4v) is 1.68. The molecule has 6 heteroatoms. The van der Waals surface area contributed by atoms with Crippen LogP contribution in [0.3, 0.4) is 0 Å². The molecule has 18 heavy (non-hydrogen) atoms. The molecule has 1 aromatic heterocycles. The van der Waals surface area contributed by atoms with Crippen LogP contribution in [0.15, 0.2) is 12.4 Å². The van der Waals surface area contributed by atoms with Gasteiger partial charge in [-0.2, -0.15) is 5.10 Å². The van der Waals surface area contributed by atoms with Crippen molar-refractivity contribution in [2.75, 3.05) is 6.61 Å². The number of carbonyl (C=O) groups is 1. The summed E-state index contributed by atoms with van der Waals surface area (Å²) in [6.07, 6.45) is 5.07. The quantitative estimate of drug-likeness (QED) is 0.707. The summed E-state index contributed by atoms with van der Waals surface area (Å²) in [5, 5.41) is 18.5. The van der Waals surface area contributed by atoms with E-state index in [1.807, 2.05) is 27.1 Å². The van der Waals surface area contributed by atoms with Crippen molar-refractivity contribution in [1.82, 2.24) is 20.4 Å². The van der Waals surface area contributed by atoms with Crippen molar-refractivity contribution in [3.8, 4) is 0 Å². The molecular weight excluding hydrogens is 232 g/mol. The van der Waals surface area contributed by atoms with E-state index in [4.69, 9.17) is 5.11 Å². The standard InChI is InChI=1S/C12H22N4O2/c1-9(5-4-6-17)14-12(18)15-10(2)11-7-13-16(3)8-11/h7-10,17H,4-6H2,1-3H3,(H2,14,15,18). The van der Waals surface area contributed by atoms with Crippen LogP contribution in [-0.2, 0) is 7.05 Å². The van der Waals surface area contributed by atoms with Crippen molar-refractivity contribution in [2.45, 2.75) is 38.8 Å². The molecule has 0 aliphatic carbocycles. The molecule has 2 atom stereocenters. The van der Waals surface area contributed by atoms with Crippen LogP contribution in [0.25, 0.3) is 0 Å². The summed E-state index contributed by atoms with van der Waals surface area (Å²) in [7, 11) is 1.84. The highest BCUT2D eigenvalue weighted by atomic mass is 16.3. The number of aliphatic hydroxyl groups is 1. The second-order valence-corrected chi connectivity index (χ2v) is 4.55. The van der Waals surface area contributed by atoms with Gasteiger partial charge in [0.2, 0.25) is 0 Å². The first kappa shape index (κ1) is 14.5. The minimum absolute atomic E-state index is 0.0539. The number of nitrogens with zero attached hydrogens (tertiary/aromatic N) is 2. The Bertz CT molecular complexity index is 378. The summed E-state index contributed by atoms with van der Waals surface area (Å²) in [5.74, 6) is 0. The summed E-state index contributed by atoms with van der Waals surface area (Å²) in [4.78, 5) is 11.7. The molecule has 102 valence electrons. The van der Waals surface area contributed by atoms with Crippen molar-refractivity contribution in [1.29, 1.82) is 0 Å². The molecule has 0 saturated heterocycles. The van der Waals surface area contributed by atoms with Crippen molar-refractivity contribution < 1.29 is 9.90 Å². The number of rotatable bonds is 6. The lowest BCUT2D eigenvalue weighted by molar-refractivity contribution is 0.231. The molecule has 0 aromatic carbocycles. The fraction of sp³-hybridized carbons (Fsp3) is 0.667. The highest BCUT2D eigenvalue weighted by Crippen LogP contribution is 2.09. The van der Waals surface area contributed by atoms with Crippen LogP contribution < -0.4 is 10.6 Å². The van der Waals surface area contributed by atoms with E-state index in [1.165, 1.54) is 0 Å². The Hall–Kier alpha value is -1.56. The van der Waals surface area contributed by atoms with E-state index in [0.29, 0.717) is 6.42 Å². The number of nitrogens with one attached hydrogen (secondary N) is 2. The van der Waals surface area contributed by atoms with Crippen molar-refractivity contribution in [3.05, 3.63) is 18.0 Å². The molecule has 0 spiro atoms. The summed E-state index contributed by atoms with van der Waals surface area (Å²) in [6.45, 7) is 3.98. The maximum Gasteiger partial charge on any atom is 0.315 e. The van der Waals surface area contributed by atoms with E-state index in [9.17, 15) is 4.79 Å². The number of amides is 2. The molecule has 0 radical (unpaired) electrons. The molecule has 1 rings (SSSR count). The van der Waals surface area contributed by atoms with E-state index >= 15 is 0 Å². The van der Waals surface area contributed by atoms with Gasteiger partial charge < -0.3 is 15.7 Å². The third kappa shape index (κ3) is 4.75. The van der Waals surface area contributed by atoms with Gasteiger partial charge >= 0.3 is 6.03 Å². The van der Waals surface area contributed by atoms with Gasteiger partial charge in [-0.25, -0.2) is 4.79 Å². The van der Waals surface area contributed by atoms with Gasteiger partial charge in [-0.05, 0) is 26.7 Å². The molecule has 2 amide bonds. The first-order valence-electron chi connectivity index (χ1n) is 6.19. The van der Waals surface area contributed by atoms with Crippen LogP contribution in [0.2, 0.25) is 0 Å². The molecule has 2 unspecified atom stereocenters. The zero-order valence-electron chi connectivity index (χ0n) is 11.2. The van der Waals surface area contributed by atoms with Gasteiger partial charge in [0.15, 0.2) is 0 Å².